The topological polar surface area (TPSA) is 101 Å². The molecule has 0 bridgehead atoms. The van der Waals surface area contributed by atoms with E-state index in [0.29, 0.717) is 0 Å². The average Bonchev–Trinajstić information content (AvgIpc) is 2.81. The molecule has 9 heteroatoms. The van der Waals surface area contributed by atoms with E-state index < -0.39 is 10.0 Å². The van der Waals surface area contributed by atoms with E-state index in [0.717, 1.165) is 44.5 Å². The van der Waals surface area contributed by atoms with Crippen molar-refractivity contribution in [2.45, 2.75) is 36.7 Å². The molecule has 3 rings (SSSR count). The molecule has 1 unspecified atom stereocenters. The number of hydrogen-bond acceptors (Lipinski definition) is 6. The molecule has 1 fully saturated rings. The Bertz CT molecular complexity index is 787. The van der Waals surface area contributed by atoms with Crippen molar-refractivity contribution in [2.75, 3.05) is 17.8 Å². The lowest BCUT2D eigenvalue weighted by Gasteiger charge is -2.22. The summed E-state index contributed by atoms with van der Waals surface area (Å²) >= 11 is 0. The van der Waals surface area contributed by atoms with E-state index in [-0.39, 0.29) is 29.3 Å². The van der Waals surface area contributed by atoms with Gasteiger partial charge in [-0.2, -0.15) is 0 Å². The lowest BCUT2D eigenvalue weighted by Crippen LogP contribution is -2.35. The lowest BCUT2D eigenvalue weighted by molar-refractivity contribution is 0.264. The Morgan fingerprint density at radius 1 is 1.15 bits per heavy atom. The molecule has 2 aromatic rings. The van der Waals surface area contributed by atoms with Crippen LogP contribution in [0, 0.1) is 0 Å². The van der Waals surface area contributed by atoms with Gasteiger partial charge in [-0.05, 0) is 31.5 Å². The summed E-state index contributed by atoms with van der Waals surface area (Å²) < 4.78 is 26.9. The quantitative estimate of drug-likeness (QED) is 0.800. The Morgan fingerprint density at radius 3 is 2.54 bits per heavy atom. The fourth-order valence-electron chi connectivity index (χ4n) is 2.93. The van der Waals surface area contributed by atoms with Crippen molar-refractivity contribution in [3.05, 3.63) is 48.3 Å². The first-order valence-corrected chi connectivity index (χ1v) is 9.88. The smallest absolute Gasteiger partial charge is 0.264 e. The summed E-state index contributed by atoms with van der Waals surface area (Å²) in [5, 5.41) is 0. The summed E-state index contributed by atoms with van der Waals surface area (Å²) in [5.41, 5.74) is 7.02. The van der Waals surface area contributed by atoms with Crippen LogP contribution in [-0.2, 0) is 16.6 Å². The van der Waals surface area contributed by atoms with E-state index in [4.69, 9.17) is 5.73 Å². The van der Waals surface area contributed by atoms with Crippen molar-refractivity contribution in [3.63, 3.8) is 0 Å². The van der Waals surface area contributed by atoms with E-state index in [1.807, 2.05) is 0 Å². The van der Waals surface area contributed by atoms with Gasteiger partial charge in [-0.15, -0.1) is 12.4 Å². The predicted octanol–water partition coefficient (Wildman–Crippen LogP) is 2.01. The number of likely N-dealkylation sites (tertiary alicyclic amines) is 1. The maximum absolute atomic E-state index is 12.3. The van der Waals surface area contributed by atoms with Crippen LogP contribution in [0.1, 0.15) is 24.8 Å². The van der Waals surface area contributed by atoms with Gasteiger partial charge in [-0.3, -0.25) is 4.90 Å². The molecule has 1 saturated heterocycles. The van der Waals surface area contributed by atoms with Crippen LogP contribution in [-0.4, -0.2) is 42.4 Å². The highest BCUT2D eigenvalue weighted by Gasteiger charge is 2.17. The molecule has 1 aliphatic rings. The minimum absolute atomic E-state index is 0. The second-order valence-electron chi connectivity index (χ2n) is 6.32. The van der Waals surface area contributed by atoms with Crippen molar-refractivity contribution >= 4 is 28.4 Å². The fraction of sp³-hybridized carbons (Fsp3) is 0.412. The number of benzene rings is 1. The first-order chi connectivity index (χ1) is 12.0. The zero-order chi connectivity index (χ0) is 17.7. The molecular formula is C17H24ClN5O2S. The minimum Gasteiger partial charge on any atom is -0.327 e. The van der Waals surface area contributed by atoms with Gasteiger partial charge in [-0.25, -0.2) is 23.1 Å². The normalized spacial score (nSPS) is 18.6. The molecule has 0 radical (unpaired) electrons. The van der Waals surface area contributed by atoms with Crippen LogP contribution in [0.15, 0.2) is 47.6 Å². The van der Waals surface area contributed by atoms with Gasteiger partial charge in [0.2, 0.25) is 5.95 Å². The number of nitrogens with two attached hydrogens (primary N) is 1. The fourth-order valence-corrected chi connectivity index (χ4v) is 3.90. The molecule has 1 aromatic carbocycles. The summed E-state index contributed by atoms with van der Waals surface area (Å²) in [6, 6.07) is 8.37. The molecular weight excluding hydrogens is 374 g/mol. The zero-order valence-corrected chi connectivity index (χ0v) is 16.0. The van der Waals surface area contributed by atoms with Gasteiger partial charge >= 0.3 is 0 Å². The first kappa shape index (κ1) is 20.6. The first-order valence-electron chi connectivity index (χ1n) is 8.40. The highest BCUT2D eigenvalue weighted by atomic mass is 35.5. The number of nitrogens with zero attached hydrogens (tertiary/aromatic N) is 3. The molecule has 26 heavy (non-hydrogen) atoms. The number of rotatable bonds is 5. The third kappa shape index (κ3) is 5.63. The number of anilines is 1. The maximum Gasteiger partial charge on any atom is 0.264 e. The molecule has 1 aromatic heterocycles. The second-order valence-corrected chi connectivity index (χ2v) is 8.01. The number of halogens is 1. The molecule has 0 spiro atoms. The molecule has 3 N–H and O–H groups in total. The van der Waals surface area contributed by atoms with Crippen molar-refractivity contribution in [1.82, 2.24) is 14.9 Å². The number of sulfonamides is 1. The molecule has 2 heterocycles. The molecule has 1 atom stereocenters. The van der Waals surface area contributed by atoms with Gasteiger partial charge in [0.15, 0.2) is 0 Å². The molecule has 0 saturated carbocycles. The van der Waals surface area contributed by atoms with E-state index in [9.17, 15) is 8.42 Å². The van der Waals surface area contributed by atoms with Gasteiger partial charge in [0.25, 0.3) is 10.0 Å². The third-order valence-corrected chi connectivity index (χ3v) is 5.53. The molecule has 1 aliphatic heterocycles. The van der Waals surface area contributed by atoms with Gasteiger partial charge in [-0.1, -0.05) is 24.6 Å². The number of aromatic nitrogens is 2. The summed E-state index contributed by atoms with van der Waals surface area (Å²) in [5.74, 6) is 0.0696. The monoisotopic (exact) mass is 397 g/mol. The largest absolute Gasteiger partial charge is 0.327 e. The van der Waals surface area contributed by atoms with Crippen LogP contribution in [0.2, 0.25) is 0 Å². The van der Waals surface area contributed by atoms with Crippen molar-refractivity contribution in [3.8, 4) is 0 Å². The van der Waals surface area contributed by atoms with Crippen LogP contribution in [0.25, 0.3) is 0 Å². The van der Waals surface area contributed by atoms with Crippen molar-refractivity contribution in [2.24, 2.45) is 5.73 Å². The van der Waals surface area contributed by atoms with Crippen LogP contribution >= 0.6 is 12.4 Å². The molecule has 0 amide bonds. The Kier molecular flexibility index (Phi) is 7.33. The van der Waals surface area contributed by atoms with Gasteiger partial charge in [0, 0.05) is 37.1 Å². The van der Waals surface area contributed by atoms with Crippen LogP contribution in [0.5, 0.6) is 0 Å². The van der Waals surface area contributed by atoms with Gasteiger partial charge in [0.1, 0.15) is 0 Å². The van der Waals surface area contributed by atoms with Gasteiger partial charge in [0.05, 0.1) is 4.90 Å². The van der Waals surface area contributed by atoms with Crippen molar-refractivity contribution in [1.29, 1.82) is 0 Å². The Labute approximate surface area is 160 Å². The molecule has 0 aliphatic carbocycles. The summed E-state index contributed by atoms with van der Waals surface area (Å²) in [7, 11) is -3.67. The Morgan fingerprint density at radius 2 is 1.85 bits per heavy atom. The minimum atomic E-state index is -3.67. The zero-order valence-electron chi connectivity index (χ0n) is 14.4. The van der Waals surface area contributed by atoms with Crippen LogP contribution in [0.4, 0.5) is 5.95 Å². The van der Waals surface area contributed by atoms with Gasteiger partial charge < -0.3 is 5.73 Å². The Hall–Kier alpha value is -1.74. The van der Waals surface area contributed by atoms with E-state index in [1.54, 1.807) is 30.6 Å². The van der Waals surface area contributed by atoms with E-state index in [1.165, 1.54) is 12.1 Å². The number of hydrogen-bond donors (Lipinski definition) is 2. The Balaban J connectivity index is 0.00000243. The molecule has 7 nitrogen and oxygen atoms in total. The maximum atomic E-state index is 12.3. The van der Waals surface area contributed by atoms with Crippen LogP contribution in [0.3, 0.4) is 0 Å². The SMILES string of the molecule is Cl.NC1CCCCN(Cc2cnc(NS(=O)(=O)c3ccccc3)nc2)C1. The highest BCUT2D eigenvalue weighted by Crippen LogP contribution is 2.14. The number of nitrogens with one attached hydrogen (secondary N) is 1. The third-order valence-electron chi connectivity index (χ3n) is 4.18. The van der Waals surface area contributed by atoms with E-state index in [2.05, 4.69) is 19.6 Å². The average molecular weight is 398 g/mol. The van der Waals surface area contributed by atoms with Crippen LogP contribution < -0.4 is 10.5 Å². The summed E-state index contributed by atoms with van der Waals surface area (Å²) in [6.45, 7) is 2.60. The lowest BCUT2D eigenvalue weighted by atomic mass is 10.2. The summed E-state index contributed by atoms with van der Waals surface area (Å²) in [4.78, 5) is 10.8. The van der Waals surface area contributed by atoms with Crippen molar-refractivity contribution < 1.29 is 8.42 Å². The highest BCUT2D eigenvalue weighted by molar-refractivity contribution is 7.92. The second kappa shape index (κ2) is 9.27. The molecule has 142 valence electrons. The standard InChI is InChI=1S/C17H23N5O2S.ClH/c18-15-6-4-5-9-22(13-15)12-14-10-19-17(20-11-14)21-25(23,24)16-7-2-1-3-8-16;/h1-3,7-8,10-11,15H,4-6,9,12-13,18H2,(H,19,20,21);1H. The predicted molar refractivity (Wildman–Crippen MR) is 104 cm³/mol. The van der Waals surface area contributed by atoms with E-state index >= 15 is 0 Å². The summed E-state index contributed by atoms with van der Waals surface area (Å²) in [6.07, 6.45) is 6.68.